The van der Waals surface area contributed by atoms with Crippen LogP contribution in [-0.4, -0.2) is 18.7 Å². The van der Waals surface area contributed by atoms with Gasteiger partial charge >= 0.3 is 5.89 Å². The zero-order chi connectivity index (χ0) is 22.4. The summed E-state index contributed by atoms with van der Waals surface area (Å²) in [4.78, 5) is 16.6. The van der Waals surface area contributed by atoms with Crippen molar-refractivity contribution < 1.29 is 13.7 Å². The Labute approximate surface area is 193 Å². The topological polar surface area (TPSA) is 51.5 Å². The molecule has 0 saturated heterocycles. The molecule has 0 N–H and O–H groups in total. The quantitative estimate of drug-likeness (QED) is 0.433. The first-order valence-electron chi connectivity index (χ1n) is 10.5. The maximum Gasteiger partial charge on any atom is 0.377 e. The maximum absolute atomic E-state index is 13.4. The van der Waals surface area contributed by atoms with E-state index in [1.54, 1.807) is 18.9 Å². The Bertz CT molecular complexity index is 1510. The van der Waals surface area contributed by atoms with Gasteiger partial charge in [0.2, 0.25) is 5.58 Å². The van der Waals surface area contributed by atoms with Crippen LogP contribution in [0.25, 0.3) is 22.2 Å². The molecular formula is C24H24N3O3S2+. The number of ether oxygens (including phenoxy) is 1. The van der Waals surface area contributed by atoms with Crippen molar-refractivity contribution in [3.8, 4) is 5.75 Å². The largest absolute Gasteiger partial charge is 0.497 e. The van der Waals surface area contributed by atoms with Crippen LogP contribution < -0.4 is 29.0 Å². The number of aromatic nitrogens is 2. The lowest BCUT2D eigenvalue weighted by Crippen LogP contribution is -2.36. The Kier molecular flexibility index (Phi) is 5.35. The fourth-order valence-corrected chi connectivity index (χ4v) is 6.44. The second kappa shape index (κ2) is 8.18. The molecule has 4 aromatic rings. The Hall–Kier alpha value is -2.97. The van der Waals surface area contributed by atoms with Gasteiger partial charge < -0.3 is 14.1 Å². The molecule has 32 heavy (non-hydrogen) atoms. The first kappa shape index (κ1) is 20.9. The van der Waals surface area contributed by atoms with Crippen LogP contribution in [0.2, 0.25) is 0 Å². The number of thiazole rings is 1. The molecule has 0 radical (unpaired) electrons. The van der Waals surface area contributed by atoms with E-state index in [0.717, 1.165) is 54.1 Å². The molecule has 5 rings (SSSR count). The Morgan fingerprint density at radius 2 is 2.00 bits per heavy atom. The fraction of sp³-hybridized carbons (Fsp3) is 0.250. The van der Waals surface area contributed by atoms with Gasteiger partial charge in [0, 0.05) is 30.6 Å². The van der Waals surface area contributed by atoms with Gasteiger partial charge in [-0.25, -0.2) is 0 Å². The number of aryl methyl sites for hydroxylation is 1. The van der Waals surface area contributed by atoms with Crippen molar-refractivity contribution >= 4 is 51.0 Å². The van der Waals surface area contributed by atoms with Gasteiger partial charge in [0.05, 0.1) is 18.9 Å². The van der Waals surface area contributed by atoms with E-state index in [0.29, 0.717) is 6.54 Å². The van der Waals surface area contributed by atoms with Crippen molar-refractivity contribution in [3.05, 3.63) is 67.9 Å². The number of benzene rings is 2. The summed E-state index contributed by atoms with van der Waals surface area (Å²) in [6.45, 7) is 5.47. The third-order valence-corrected chi connectivity index (χ3v) is 8.15. The highest BCUT2D eigenvalue weighted by molar-refractivity contribution is 8.08. The molecule has 164 valence electrons. The van der Waals surface area contributed by atoms with E-state index in [9.17, 15) is 4.79 Å². The number of methoxy groups -OCH3 is 1. The van der Waals surface area contributed by atoms with E-state index in [4.69, 9.17) is 9.15 Å². The van der Waals surface area contributed by atoms with E-state index >= 15 is 0 Å². The van der Waals surface area contributed by atoms with Crippen LogP contribution in [0.1, 0.15) is 19.7 Å². The highest BCUT2D eigenvalue weighted by Gasteiger charge is 2.26. The number of oxazole rings is 1. The molecule has 0 aliphatic carbocycles. The van der Waals surface area contributed by atoms with Gasteiger partial charge in [-0.05, 0) is 32.0 Å². The van der Waals surface area contributed by atoms with Gasteiger partial charge in [-0.15, -0.1) is 11.3 Å². The van der Waals surface area contributed by atoms with Gasteiger partial charge in [-0.2, -0.15) is 4.57 Å². The normalized spacial score (nSPS) is 15.6. The first-order valence-corrected chi connectivity index (χ1v) is 12.2. The summed E-state index contributed by atoms with van der Waals surface area (Å²) >= 11 is 3.13. The fourth-order valence-electron chi connectivity index (χ4n) is 4.01. The van der Waals surface area contributed by atoms with E-state index in [-0.39, 0.29) is 5.56 Å². The third-order valence-electron chi connectivity index (χ3n) is 5.66. The molecule has 3 heterocycles. The first-order chi connectivity index (χ1) is 15.5. The molecule has 1 aliphatic heterocycles. The van der Waals surface area contributed by atoms with E-state index in [1.807, 2.05) is 61.0 Å². The van der Waals surface area contributed by atoms with E-state index < -0.39 is 0 Å². The predicted molar refractivity (Wildman–Crippen MR) is 130 cm³/mol. The van der Waals surface area contributed by atoms with Crippen LogP contribution >= 0.6 is 23.1 Å². The number of hydrogen-bond acceptors (Lipinski definition) is 6. The molecular weight excluding hydrogens is 442 g/mol. The molecule has 0 fully saturated rings. The van der Waals surface area contributed by atoms with Crippen molar-refractivity contribution in [2.24, 2.45) is 0 Å². The molecule has 0 saturated carbocycles. The molecule has 1 aliphatic rings. The average molecular weight is 467 g/mol. The number of hydrogen-bond donors (Lipinski definition) is 0. The van der Waals surface area contributed by atoms with Crippen LogP contribution in [0.5, 0.6) is 5.75 Å². The minimum atomic E-state index is 0.0250. The summed E-state index contributed by atoms with van der Waals surface area (Å²) < 4.78 is 17.1. The summed E-state index contributed by atoms with van der Waals surface area (Å²) in [6, 6.07) is 14.0. The smallest absolute Gasteiger partial charge is 0.377 e. The molecule has 2 aromatic carbocycles. The molecule has 8 heteroatoms. The van der Waals surface area contributed by atoms with Crippen LogP contribution in [0, 0.1) is 0 Å². The highest BCUT2D eigenvalue weighted by Crippen LogP contribution is 2.46. The summed E-state index contributed by atoms with van der Waals surface area (Å²) in [5.41, 5.74) is 2.96. The van der Waals surface area contributed by atoms with Gasteiger partial charge in [-0.3, -0.25) is 9.36 Å². The SMILES string of the molecule is CCn1c(=Cc2oc3ccccc3[n+]2CC)sc(=C2Sc3ccc(OC)cc3N2C)c1=O. The van der Waals surface area contributed by atoms with Crippen molar-refractivity contribution in [1.29, 1.82) is 0 Å². The molecule has 0 spiro atoms. The third kappa shape index (κ3) is 3.25. The molecule has 2 aromatic heterocycles. The summed E-state index contributed by atoms with van der Waals surface area (Å²) in [5, 5.41) is 0.943. The van der Waals surface area contributed by atoms with Crippen molar-refractivity contribution in [3.63, 3.8) is 0 Å². The Balaban J connectivity index is 1.71. The molecule has 0 unspecified atom stereocenters. The van der Waals surface area contributed by atoms with Gasteiger partial charge in [0.15, 0.2) is 0 Å². The lowest BCUT2D eigenvalue weighted by molar-refractivity contribution is -0.674. The van der Waals surface area contributed by atoms with E-state index in [1.165, 1.54) is 11.3 Å². The minimum Gasteiger partial charge on any atom is -0.497 e. The molecule has 6 nitrogen and oxygen atoms in total. The summed E-state index contributed by atoms with van der Waals surface area (Å²) in [6.07, 6.45) is 1.99. The lowest BCUT2D eigenvalue weighted by atomic mass is 10.3. The second-order valence-electron chi connectivity index (χ2n) is 7.42. The minimum absolute atomic E-state index is 0.0250. The van der Waals surface area contributed by atoms with Crippen molar-refractivity contribution in [2.45, 2.75) is 31.8 Å². The van der Waals surface area contributed by atoms with Gasteiger partial charge in [0.25, 0.3) is 11.1 Å². The number of rotatable bonds is 4. The zero-order valence-corrected chi connectivity index (χ0v) is 20.0. The standard InChI is InChI=1S/C24H24N3O3S2/c1-5-26-16-9-7-8-10-18(16)30-20(26)14-21-27(6-2)23(28)22(32-21)24-25(3)17-13-15(29-4)11-12-19(17)31-24/h7-14H,5-6H2,1-4H3/q+1. The number of thioether (sulfide) groups is 1. The average Bonchev–Trinajstić information content (AvgIpc) is 3.44. The van der Waals surface area contributed by atoms with E-state index in [2.05, 4.69) is 22.5 Å². The number of anilines is 1. The molecule has 0 bridgehead atoms. The maximum atomic E-state index is 13.4. The van der Waals surface area contributed by atoms with Crippen LogP contribution in [-0.2, 0) is 13.1 Å². The van der Waals surface area contributed by atoms with Crippen molar-refractivity contribution in [2.75, 3.05) is 19.1 Å². The van der Waals surface area contributed by atoms with Gasteiger partial charge in [0.1, 0.15) is 26.5 Å². The Morgan fingerprint density at radius 1 is 1.19 bits per heavy atom. The van der Waals surface area contributed by atoms with Crippen molar-refractivity contribution in [1.82, 2.24) is 4.57 Å². The van der Waals surface area contributed by atoms with Gasteiger partial charge in [-0.1, -0.05) is 23.9 Å². The molecule has 0 amide bonds. The second-order valence-corrected chi connectivity index (χ2v) is 9.48. The molecule has 0 atom stereocenters. The highest BCUT2D eigenvalue weighted by atomic mass is 32.2. The summed E-state index contributed by atoms with van der Waals surface area (Å²) in [5.74, 6) is 1.55. The predicted octanol–water partition coefficient (Wildman–Crippen LogP) is 3.13. The Morgan fingerprint density at radius 3 is 2.75 bits per heavy atom. The lowest BCUT2D eigenvalue weighted by Gasteiger charge is -2.13. The monoisotopic (exact) mass is 466 g/mol. The number of para-hydroxylation sites is 2. The number of fused-ring (bicyclic) bond motifs is 2. The van der Waals surface area contributed by atoms with Crippen LogP contribution in [0.3, 0.4) is 0 Å². The number of nitrogens with zero attached hydrogens (tertiary/aromatic N) is 3. The van der Waals surface area contributed by atoms with Crippen LogP contribution in [0.4, 0.5) is 5.69 Å². The summed E-state index contributed by atoms with van der Waals surface area (Å²) in [7, 11) is 3.66. The zero-order valence-electron chi connectivity index (χ0n) is 18.4. The van der Waals surface area contributed by atoms with Crippen LogP contribution in [0.15, 0.2) is 56.6 Å².